The molecule has 0 unspecified atom stereocenters. The number of carboxylic acids is 1. The van der Waals surface area contributed by atoms with Crippen molar-refractivity contribution in [2.45, 2.75) is 13.5 Å². The highest BCUT2D eigenvalue weighted by atomic mass is 16.4. The van der Waals surface area contributed by atoms with E-state index < -0.39 is 5.97 Å². The molecule has 5 nitrogen and oxygen atoms in total. The molecule has 2 aromatic rings. The van der Waals surface area contributed by atoms with Crippen LogP contribution in [0.25, 0.3) is 11.1 Å². The summed E-state index contributed by atoms with van der Waals surface area (Å²) in [5.41, 5.74) is 1.68. The number of nitrogens with zero attached hydrogens (tertiary/aromatic N) is 2. The Balaban J connectivity index is 2.44. The zero-order valence-corrected chi connectivity index (χ0v) is 8.27. The van der Waals surface area contributed by atoms with Gasteiger partial charge in [-0.15, -0.1) is 0 Å². The second-order valence-electron chi connectivity index (χ2n) is 3.16. The summed E-state index contributed by atoms with van der Waals surface area (Å²) in [6.07, 6.45) is 5.11. The fourth-order valence-corrected chi connectivity index (χ4v) is 1.46. The first-order chi connectivity index (χ1) is 7.22. The van der Waals surface area contributed by atoms with Gasteiger partial charge in [0, 0.05) is 30.1 Å². The predicted molar refractivity (Wildman–Crippen MR) is 54.6 cm³/mol. The molecule has 0 aliphatic carbocycles. The maximum Gasteiger partial charge on any atom is 0.352 e. The SMILES string of the molecule is CCn1cc(-c2cc[nH]c2C(=O)O)cn1. The molecule has 0 spiro atoms. The fourth-order valence-electron chi connectivity index (χ4n) is 1.46. The minimum absolute atomic E-state index is 0.200. The largest absolute Gasteiger partial charge is 0.477 e. The number of rotatable bonds is 3. The van der Waals surface area contributed by atoms with Crippen LogP contribution in [0.5, 0.6) is 0 Å². The Morgan fingerprint density at radius 2 is 2.47 bits per heavy atom. The fraction of sp³-hybridized carbons (Fsp3) is 0.200. The third-order valence-corrected chi connectivity index (χ3v) is 2.23. The Kier molecular flexibility index (Phi) is 2.29. The number of carbonyl (C=O) groups is 1. The van der Waals surface area contributed by atoms with E-state index in [0.29, 0.717) is 5.56 Å². The first kappa shape index (κ1) is 9.51. The van der Waals surface area contributed by atoms with E-state index in [2.05, 4.69) is 10.1 Å². The van der Waals surface area contributed by atoms with Crippen molar-refractivity contribution in [2.75, 3.05) is 0 Å². The third kappa shape index (κ3) is 1.63. The van der Waals surface area contributed by atoms with Gasteiger partial charge in [0.25, 0.3) is 0 Å². The third-order valence-electron chi connectivity index (χ3n) is 2.23. The summed E-state index contributed by atoms with van der Waals surface area (Å²) >= 11 is 0. The lowest BCUT2D eigenvalue weighted by Gasteiger charge is -1.95. The number of nitrogens with one attached hydrogen (secondary N) is 1. The molecule has 0 aromatic carbocycles. The Morgan fingerprint density at radius 3 is 3.07 bits per heavy atom. The average molecular weight is 205 g/mol. The van der Waals surface area contributed by atoms with Crippen molar-refractivity contribution in [1.29, 1.82) is 0 Å². The number of aromatic amines is 1. The van der Waals surface area contributed by atoms with Crippen molar-refractivity contribution in [3.8, 4) is 11.1 Å². The van der Waals surface area contributed by atoms with Crippen molar-refractivity contribution in [3.63, 3.8) is 0 Å². The lowest BCUT2D eigenvalue weighted by molar-refractivity contribution is 0.0692. The first-order valence-electron chi connectivity index (χ1n) is 4.66. The topological polar surface area (TPSA) is 70.9 Å². The number of aryl methyl sites for hydroxylation is 1. The van der Waals surface area contributed by atoms with Gasteiger partial charge in [0.15, 0.2) is 0 Å². The number of H-pyrrole nitrogens is 1. The molecule has 0 atom stereocenters. The lowest BCUT2D eigenvalue weighted by atomic mass is 10.1. The molecule has 5 heteroatoms. The number of carboxylic acid groups (broad SMARTS) is 1. The van der Waals surface area contributed by atoms with Crippen LogP contribution in [0, 0.1) is 0 Å². The van der Waals surface area contributed by atoms with Gasteiger partial charge in [-0.3, -0.25) is 4.68 Å². The van der Waals surface area contributed by atoms with Gasteiger partial charge in [-0.2, -0.15) is 5.10 Å². The van der Waals surface area contributed by atoms with E-state index in [1.54, 1.807) is 23.1 Å². The van der Waals surface area contributed by atoms with Crippen molar-refractivity contribution >= 4 is 5.97 Å². The number of aromatic carboxylic acids is 1. The summed E-state index contributed by atoms with van der Waals surface area (Å²) in [5.74, 6) is -0.959. The molecule has 0 bridgehead atoms. The van der Waals surface area contributed by atoms with E-state index in [1.165, 1.54) is 0 Å². The molecule has 0 aliphatic heterocycles. The molecule has 15 heavy (non-hydrogen) atoms. The molecule has 0 aliphatic rings. The molecule has 2 heterocycles. The van der Waals surface area contributed by atoms with Crippen molar-refractivity contribution in [3.05, 3.63) is 30.4 Å². The number of hydrogen-bond donors (Lipinski definition) is 2. The molecular weight excluding hydrogens is 194 g/mol. The predicted octanol–water partition coefficient (Wildman–Crippen LogP) is 1.60. The molecular formula is C10H11N3O2. The van der Waals surface area contributed by atoms with E-state index in [4.69, 9.17) is 5.11 Å². The van der Waals surface area contributed by atoms with Crippen molar-refractivity contribution < 1.29 is 9.90 Å². The molecule has 0 saturated heterocycles. The van der Waals surface area contributed by atoms with E-state index in [-0.39, 0.29) is 5.69 Å². The van der Waals surface area contributed by atoms with Gasteiger partial charge < -0.3 is 10.1 Å². The van der Waals surface area contributed by atoms with Crippen LogP contribution in [0.1, 0.15) is 17.4 Å². The standard InChI is InChI=1S/C10H11N3O2/c1-2-13-6-7(5-12-13)8-3-4-11-9(8)10(14)15/h3-6,11H,2H2,1H3,(H,14,15). The van der Waals surface area contributed by atoms with Gasteiger partial charge in [-0.05, 0) is 13.0 Å². The van der Waals surface area contributed by atoms with Gasteiger partial charge in [-0.25, -0.2) is 4.79 Å². The maximum absolute atomic E-state index is 10.9. The minimum Gasteiger partial charge on any atom is -0.477 e. The van der Waals surface area contributed by atoms with Crippen LogP contribution in [-0.4, -0.2) is 25.8 Å². The molecule has 2 aromatic heterocycles. The highest BCUT2D eigenvalue weighted by Crippen LogP contribution is 2.22. The zero-order valence-electron chi connectivity index (χ0n) is 8.27. The van der Waals surface area contributed by atoms with Crippen LogP contribution in [0.15, 0.2) is 24.7 Å². The summed E-state index contributed by atoms with van der Waals surface area (Å²) in [7, 11) is 0. The van der Waals surface area contributed by atoms with Crippen LogP contribution in [0.4, 0.5) is 0 Å². The van der Waals surface area contributed by atoms with Crippen LogP contribution in [-0.2, 0) is 6.54 Å². The van der Waals surface area contributed by atoms with E-state index >= 15 is 0 Å². The quantitative estimate of drug-likeness (QED) is 0.799. The van der Waals surface area contributed by atoms with Crippen LogP contribution in [0.3, 0.4) is 0 Å². The Morgan fingerprint density at radius 1 is 1.67 bits per heavy atom. The molecule has 0 amide bonds. The molecule has 78 valence electrons. The van der Waals surface area contributed by atoms with E-state index in [1.807, 2.05) is 13.1 Å². The van der Waals surface area contributed by atoms with Crippen LogP contribution < -0.4 is 0 Å². The summed E-state index contributed by atoms with van der Waals surface area (Å²) in [5, 5.41) is 13.0. The molecule has 0 fully saturated rings. The number of aromatic nitrogens is 3. The van der Waals surface area contributed by atoms with Gasteiger partial charge in [0.1, 0.15) is 5.69 Å². The van der Waals surface area contributed by atoms with Gasteiger partial charge >= 0.3 is 5.97 Å². The second kappa shape index (κ2) is 3.61. The number of hydrogen-bond acceptors (Lipinski definition) is 2. The summed E-state index contributed by atoms with van der Waals surface area (Å²) in [4.78, 5) is 13.6. The van der Waals surface area contributed by atoms with E-state index in [9.17, 15) is 4.79 Å². The van der Waals surface area contributed by atoms with Crippen molar-refractivity contribution in [1.82, 2.24) is 14.8 Å². The molecule has 2 rings (SSSR count). The lowest BCUT2D eigenvalue weighted by Crippen LogP contribution is -1.98. The van der Waals surface area contributed by atoms with Crippen molar-refractivity contribution in [2.24, 2.45) is 0 Å². The average Bonchev–Trinajstić information content (AvgIpc) is 2.85. The highest BCUT2D eigenvalue weighted by Gasteiger charge is 2.13. The summed E-state index contributed by atoms with van der Waals surface area (Å²) in [6.45, 7) is 2.75. The monoisotopic (exact) mass is 205 g/mol. The molecule has 0 saturated carbocycles. The van der Waals surface area contributed by atoms with Crippen LogP contribution >= 0.6 is 0 Å². The Hall–Kier alpha value is -2.04. The van der Waals surface area contributed by atoms with E-state index in [0.717, 1.165) is 12.1 Å². The smallest absolute Gasteiger partial charge is 0.352 e. The Labute approximate surface area is 86.4 Å². The maximum atomic E-state index is 10.9. The van der Waals surface area contributed by atoms with Gasteiger partial charge in [0.05, 0.1) is 6.20 Å². The highest BCUT2D eigenvalue weighted by molar-refractivity contribution is 5.94. The Bertz CT molecular complexity index is 484. The second-order valence-corrected chi connectivity index (χ2v) is 3.16. The normalized spacial score (nSPS) is 10.5. The summed E-state index contributed by atoms with van der Waals surface area (Å²) in [6, 6.07) is 1.74. The van der Waals surface area contributed by atoms with Gasteiger partial charge in [-0.1, -0.05) is 0 Å². The minimum atomic E-state index is -0.959. The van der Waals surface area contributed by atoms with Crippen LogP contribution in [0.2, 0.25) is 0 Å². The molecule has 2 N–H and O–H groups in total. The summed E-state index contributed by atoms with van der Waals surface area (Å²) < 4.78 is 1.76. The zero-order chi connectivity index (χ0) is 10.8. The first-order valence-corrected chi connectivity index (χ1v) is 4.66. The molecule has 0 radical (unpaired) electrons. The van der Waals surface area contributed by atoms with Gasteiger partial charge in [0.2, 0.25) is 0 Å².